The third-order valence-electron chi connectivity index (χ3n) is 3.92. The van der Waals surface area contributed by atoms with Gasteiger partial charge in [0.25, 0.3) is 0 Å². The van der Waals surface area contributed by atoms with Crippen LogP contribution in [0.15, 0.2) is 18.2 Å². The number of rotatable bonds is 3. The van der Waals surface area contributed by atoms with Crippen LogP contribution in [0.5, 0.6) is 0 Å². The molecule has 0 aliphatic heterocycles. The average Bonchev–Trinajstić information content (AvgIpc) is 2.39. The highest BCUT2D eigenvalue weighted by Crippen LogP contribution is 2.28. The van der Waals surface area contributed by atoms with E-state index in [4.69, 9.17) is 11.6 Å². The fraction of sp³-hybridized carbons (Fsp3) is 0.600. The van der Waals surface area contributed by atoms with Crippen LogP contribution >= 0.6 is 11.6 Å². The number of nitrogens with zero attached hydrogens (tertiary/aromatic N) is 1. The summed E-state index contributed by atoms with van der Waals surface area (Å²) in [4.78, 5) is 2.46. The predicted molar refractivity (Wildman–Crippen MR) is 76.0 cm³/mol. The zero-order valence-corrected chi connectivity index (χ0v) is 11.6. The van der Waals surface area contributed by atoms with Crippen molar-refractivity contribution in [3.05, 3.63) is 29.3 Å². The van der Waals surface area contributed by atoms with E-state index in [0.29, 0.717) is 5.88 Å². The number of benzene rings is 1. The summed E-state index contributed by atoms with van der Waals surface area (Å²) in [6, 6.07) is 7.31. The third kappa shape index (κ3) is 2.95. The Balaban J connectivity index is 2.15. The molecule has 0 atom stereocenters. The third-order valence-corrected chi connectivity index (χ3v) is 4.23. The molecule has 17 heavy (non-hydrogen) atoms. The van der Waals surface area contributed by atoms with Gasteiger partial charge in [-0.2, -0.15) is 0 Å². The van der Waals surface area contributed by atoms with Gasteiger partial charge >= 0.3 is 0 Å². The molecule has 0 aromatic heterocycles. The Morgan fingerprint density at radius 2 is 1.94 bits per heavy atom. The summed E-state index contributed by atoms with van der Waals surface area (Å²) in [7, 11) is 2.23. The maximum absolute atomic E-state index is 5.87. The van der Waals surface area contributed by atoms with E-state index in [1.807, 2.05) is 0 Å². The topological polar surface area (TPSA) is 3.24 Å². The first-order valence-corrected chi connectivity index (χ1v) is 7.14. The van der Waals surface area contributed by atoms with Crippen LogP contribution in [0.2, 0.25) is 0 Å². The minimum absolute atomic E-state index is 0.605. The lowest BCUT2D eigenvalue weighted by molar-refractivity contribution is 0.427. The minimum Gasteiger partial charge on any atom is -0.371 e. The van der Waals surface area contributed by atoms with Gasteiger partial charge in [-0.1, -0.05) is 31.4 Å². The summed E-state index contributed by atoms with van der Waals surface area (Å²) in [5.41, 5.74) is 3.92. The van der Waals surface area contributed by atoms with E-state index in [1.54, 1.807) is 0 Å². The van der Waals surface area contributed by atoms with Gasteiger partial charge in [0.05, 0.1) is 0 Å². The Hall–Kier alpha value is -0.690. The molecular formula is C15H22ClN. The first-order valence-electron chi connectivity index (χ1n) is 6.60. The van der Waals surface area contributed by atoms with Crippen LogP contribution in [0.1, 0.15) is 43.2 Å². The molecular weight excluding hydrogens is 230 g/mol. The lowest BCUT2D eigenvalue weighted by Gasteiger charge is -2.34. The Morgan fingerprint density at radius 3 is 2.53 bits per heavy atom. The van der Waals surface area contributed by atoms with E-state index < -0.39 is 0 Å². The average molecular weight is 252 g/mol. The molecule has 0 amide bonds. The maximum atomic E-state index is 5.87. The number of anilines is 1. The predicted octanol–water partition coefficient (Wildman–Crippen LogP) is 4.50. The molecule has 1 aliphatic carbocycles. The molecule has 1 aromatic rings. The monoisotopic (exact) mass is 251 g/mol. The molecule has 2 heteroatoms. The second-order valence-corrected chi connectivity index (χ2v) is 5.42. The lowest BCUT2D eigenvalue weighted by Crippen LogP contribution is -2.33. The molecule has 0 saturated heterocycles. The Labute approximate surface area is 110 Å². The van der Waals surface area contributed by atoms with E-state index in [-0.39, 0.29) is 0 Å². The number of halogens is 1. The van der Waals surface area contributed by atoms with Crippen molar-refractivity contribution in [1.82, 2.24) is 0 Å². The van der Waals surface area contributed by atoms with Crippen LogP contribution in [-0.4, -0.2) is 13.1 Å². The van der Waals surface area contributed by atoms with Crippen LogP contribution < -0.4 is 4.90 Å². The molecule has 1 fully saturated rings. The van der Waals surface area contributed by atoms with Gasteiger partial charge in [-0.3, -0.25) is 0 Å². The highest BCUT2D eigenvalue weighted by atomic mass is 35.5. The van der Waals surface area contributed by atoms with Gasteiger partial charge in [-0.05, 0) is 37.0 Å². The number of aryl methyl sites for hydroxylation is 1. The quantitative estimate of drug-likeness (QED) is 0.715. The zero-order valence-electron chi connectivity index (χ0n) is 10.9. The molecule has 1 aromatic carbocycles. The van der Waals surface area contributed by atoms with Crippen molar-refractivity contribution < 1.29 is 0 Å². The molecule has 0 unspecified atom stereocenters. The number of alkyl halides is 1. The fourth-order valence-electron chi connectivity index (χ4n) is 2.86. The normalized spacial score (nSPS) is 17.1. The van der Waals surface area contributed by atoms with Gasteiger partial charge in [0, 0.05) is 24.7 Å². The Morgan fingerprint density at radius 1 is 1.24 bits per heavy atom. The van der Waals surface area contributed by atoms with Crippen molar-refractivity contribution >= 4 is 17.3 Å². The van der Waals surface area contributed by atoms with Gasteiger partial charge in [0.1, 0.15) is 0 Å². The zero-order chi connectivity index (χ0) is 12.3. The molecule has 1 saturated carbocycles. The summed E-state index contributed by atoms with van der Waals surface area (Å²) in [5, 5.41) is 0. The van der Waals surface area contributed by atoms with Gasteiger partial charge < -0.3 is 4.90 Å². The van der Waals surface area contributed by atoms with E-state index in [1.165, 1.54) is 48.9 Å². The Bertz CT molecular complexity index is 369. The van der Waals surface area contributed by atoms with Gasteiger partial charge in [0.2, 0.25) is 0 Å². The summed E-state index contributed by atoms with van der Waals surface area (Å²) in [6.07, 6.45) is 6.86. The SMILES string of the molecule is Cc1cc(CCl)ccc1N(C)C1CCCCC1. The van der Waals surface area contributed by atoms with Crippen molar-refractivity contribution in [1.29, 1.82) is 0 Å². The highest BCUT2D eigenvalue weighted by molar-refractivity contribution is 6.17. The summed E-state index contributed by atoms with van der Waals surface area (Å²) in [6.45, 7) is 2.19. The van der Waals surface area contributed by atoms with Gasteiger partial charge in [-0.15, -0.1) is 11.6 Å². The van der Waals surface area contributed by atoms with Crippen LogP contribution in [0.25, 0.3) is 0 Å². The van der Waals surface area contributed by atoms with Crippen LogP contribution in [0, 0.1) is 6.92 Å². The van der Waals surface area contributed by atoms with Crippen LogP contribution in [0.4, 0.5) is 5.69 Å². The molecule has 0 N–H and O–H groups in total. The second kappa shape index (κ2) is 5.77. The van der Waals surface area contributed by atoms with Crippen LogP contribution in [-0.2, 0) is 5.88 Å². The van der Waals surface area contributed by atoms with Crippen molar-refractivity contribution in [3.63, 3.8) is 0 Å². The van der Waals surface area contributed by atoms with Gasteiger partial charge in [0.15, 0.2) is 0 Å². The molecule has 0 radical (unpaired) electrons. The fourth-order valence-corrected chi connectivity index (χ4v) is 3.03. The maximum Gasteiger partial charge on any atom is 0.0474 e. The first-order chi connectivity index (χ1) is 8.22. The molecule has 94 valence electrons. The van der Waals surface area contributed by atoms with Crippen molar-refractivity contribution in [2.24, 2.45) is 0 Å². The standard InChI is InChI=1S/C15H22ClN/c1-12-10-13(11-16)8-9-15(12)17(2)14-6-4-3-5-7-14/h8-10,14H,3-7,11H2,1-2H3. The molecule has 2 rings (SSSR count). The smallest absolute Gasteiger partial charge is 0.0474 e. The molecule has 1 nitrogen and oxygen atoms in total. The summed E-state index contributed by atoms with van der Waals surface area (Å²) < 4.78 is 0. The summed E-state index contributed by atoms with van der Waals surface area (Å²) >= 11 is 5.87. The van der Waals surface area contributed by atoms with Gasteiger partial charge in [-0.25, -0.2) is 0 Å². The number of hydrogen-bond donors (Lipinski definition) is 0. The van der Waals surface area contributed by atoms with Crippen molar-refractivity contribution in [2.75, 3.05) is 11.9 Å². The van der Waals surface area contributed by atoms with Crippen molar-refractivity contribution in [2.45, 2.75) is 50.9 Å². The minimum atomic E-state index is 0.605. The number of hydrogen-bond acceptors (Lipinski definition) is 1. The molecule has 0 bridgehead atoms. The molecule has 0 spiro atoms. The molecule has 0 heterocycles. The summed E-state index contributed by atoms with van der Waals surface area (Å²) in [5.74, 6) is 0.605. The van der Waals surface area contributed by atoms with E-state index in [0.717, 1.165) is 6.04 Å². The largest absolute Gasteiger partial charge is 0.371 e. The first kappa shape index (κ1) is 12.8. The van der Waals surface area contributed by atoms with Crippen molar-refractivity contribution in [3.8, 4) is 0 Å². The molecule has 1 aliphatic rings. The van der Waals surface area contributed by atoms with E-state index in [2.05, 4.69) is 37.1 Å². The Kier molecular flexibility index (Phi) is 4.33. The highest BCUT2D eigenvalue weighted by Gasteiger charge is 2.19. The van der Waals surface area contributed by atoms with Crippen LogP contribution in [0.3, 0.4) is 0 Å². The van der Waals surface area contributed by atoms with E-state index >= 15 is 0 Å². The van der Waals surface area contributed by atoms with E-state index in [9.17, 15) is 0 Å². The second-order valence-electron chi connectivity index (χ2n) is 5.16. The lowest BCUT2D eigenvalue weighted by atomic mass is 9.93.